The normalized spacial score (nSPS) is 29.4. The Morgan fingerprint density at radius 3 is 2.74 bits per heavy atom. The Bertz CT molecular complexity index is 423. The van der Waals surface area contributed by atoms with E-state index in [9.17, 15) is 9.59 Å². The molecule has 3 fully saturated rings. The molecule has 2 unspecified atom stereocenters. The number of carbonyl (C=O) groups excluding carboxylic acids is 2. The second-order valence-electron chi connectivity index (χ2n) is 6.47. The van der Waals surface area contributed by atoms with Gasteiger partial charge in [0.2, 0.25) is 11.8 Å². The van der Waals surface area contributed by atoms with E-state index in [-0.39, 0.29) is 23.9 Å². The lowest BCUT2D eigenvalue weighted by atomic mass is 9.99. The fraction of sp³-hybridized carbons (Fsp3) is 0.875. The third kappa shape index (κ3) is 4.39. The first kappa shape index (κ1) is 17.0. The third-order valence-electron chi connectivity index (χ3n) is 4.85. The summed E-state index contributed by atoms with van der Waals surface area (Å²) in [4.78, 5) is 29.3. The van der Waals surface area contributed by atoms with Crippen LogP contribution in [0.15, 0.2) is 0 Å². The van der Waals surface area contributed by atoms with Crippen LogP contribution in [0, 0.1) is 0 Å². The Morgan fingerprint density at radius 2 is 2.00 bits per heavy atom. The van der Waals surface area contributed by atoms with Crippen LogP contribution in [0.1, 0.15) is 25.7 Å². The van der Waals surface area contributed by atoms with Gasteiger partial charge in [-0.25, -0.2) is 0 Å². The summed E-state index contributed by atoms with van der Waals surface area (Å²) in [6.07, 6.45) is 3.35. The lowest BCUT2D eigenvalue weighted by Crippen LogP contribution is -2.56. The zero-order valence-electron chi connectivity index (χ0n) is 13.7. The number of nitrogens with zero attached hydrogens (tertiary/aromatic N) is 2. The molecule has 0 spiro atoms. The van der Waals surface area contributed by atoms with Gasteiger partial charge in [-0.2, -0.15) is 11.8 Å². The molecule has 6 nitrogen and oxygen atoms in total. The molecule has 3 aliphatic rings. The standard InChI is InChI=1S/C16H27N3O3S/c20-15(11-13-12-23-10-4-17-13)19-5-2-1-3-14(19)16(21)18-6-8-22-9-7-18/h13-14,17H,1-12H2. The van der Waals surface area contributed by atoms with Crippen molar-refractivity contribution in [1.29, 1.82) is 0 Å². The molecule has 7 heteroatoms. The molecule has 0 aromatic heterocycles. The molecule has 3 saturated heterocycles. The summed E-state index contributed by atoms with van der Waals surface area (Å²) in [7, 11) is 0. The van der Waals surface area contributed by atoms with Crippen molar-refractivity contribution in [2.45, 2.75) is 37.8 Å². The molecule has 23 heavy (non-hydrogen) atoms. The van der Waals surface area contributed by atoms with Gasteiger partial charge in [0.15, 0.2) is 0 Å². The van der Waals surface area contributed by atoms with Crippen LogP contribution in [0.5, 0.6) is 0 Å². The van der Waals surface area contributed by atoms with Crippen molar-refractivity contribution in [3.63, 3.8) is 0 Å². The van der Waals surface area contributed by atoms with Crippen LogP contribution in [0.25, 0.3) is 0 Å². The van der Waals surface area contributed by atoms with Crippen molar-refractivity contribution in [2.24, 2.45) is 0 Å². The molecule has 130 valence electrons. The van der Waals surface area contributed by atoms with Crippen LogP contribution in [-0.2, 0) is 14.3 Å². The van der Waals surface area contributed by atoms with Gasteiger partial charge in [-0.15, -0.1) is 0 Å². The van der Waals surface area contributed by atoms with Gasteiger partial charge in [0, 0.05) is 50.1 Å². The van der Waals surface area contributed by atoms with E-state index in [2.05, 4.69) is 5.32 Å². The van der Waals surface area contributed by atoms with Crippen LogP contribution < -0.4 is 5.32 Å². The summed E-state index contributed by atoms with van der Waals surface area (Å²) >= 11 is 1.90. The fourth-order valence-electron chi connectivity index (χ4n) is 3.56. The van der Waals surface area contributed by atoms with Crippen LogP contribution in [0.4, 0.5) is 0 Å². The predicted molar refractivity (Wildman–Crippen MR) is 90.5 cm³/mol. The average Bonchev–Trinajstić information content (AvgIpc) is 2.62. The predicted octanol–water partition coefficient (Wildman–Crippen LogP) is 0.321. The van der Waals surface area contributed by atoms with Crippen molar-refractivity contribution < 1.29 is 14.3 Å². The monoisotopic (exact) mass is 341 g/mol. The first-order chi connectivity index (χ1) is 11.3. The molecule has 0 aliphatic carbocycles. The number of carbonyl (C=O) groups is 2. The highest BCUT2D eigenvalue weighted by Gasteiger charge is 2.35. The maximum atomic E-state index is 12.8. The van der Waals surface area contributed by atoms with Gasteiger partial charge in [-0.1, -0.05) is 0 Å². The Morgan fingerprint density at radius 1 is 1.17 bits per heavy atom. The van der Waals surface area contributed by atoms with Gasteiger partial charge in [-0.05, 0) is 19.3 Å². The molecule has 3 aliphatic heterocycles. The SMILES string of the molecule is O=C(C1CCCCN1C(=O)CC1CSCCN1)N1CCOCC1. The minimum absolute atomic E-state index is 0.118. The molecule has 0 bridgehead atoms. The quantitative estimate of drug-likeness (QED) is 0.801. The highest BCUT2D eigenvalue weighted by Crippen LogP contribution is 2.22. The Balaban J connectivity index is 1.60. The molecule has 0 aromatic carbocycles. The van der Waals surface area contributed by atoms with E-state index in [4.69, 9.17) is 4.74 Å². The van der Waals surface area contributed by atoms with Crippen molar-refractivity contribution in [2.75, 3.05) is 50.9 Å². The summed E-state index contributed by atoms with van der Waals surface area (Å²) in [6, 6.07) is -0.00657. The van der Waals surface area contributed by atoms with Gasteiger partial charge in [0.1, 0.15) is 6.04 Å². The smallest absolute Gasteiger partial charge is 0.245 e. The summed E-state index contributed by atoms with van der Waals surface area (Å²) in [5.41, 5.74) is 0. The maximum Gasteiger partial charge on any atom is 0.245 e. The number of hydrogen-bond donors (Lipinski definition) is 1. The zero-order chi connectivity index (χ0) is 16.1. The first-order valence-electron chi connectivity index (χ1n) is 8.73. The highest BCUT2D eigenvalue weighted by atomic mass is 32.2. The zero-order valence-corrected chi connectivity index (χ0v) is 14.5. The van der Waals surface area contributed by atoms with E-state index in [0.29, 0.717) is 32.7 Å². The molecule has 2 amide bonds. The van der Waals surface area contributed by atoms with Gasteiger partial charge in [0.05, 0.1) is 13.2 Å². The van der Waals surface area contributed by atoms with Crippen molar-refractivity contribution in [3.8, 4) is 0 Å². The molecule has 0 radical (unpaired) electrons. The maximum absolute atomic E-state index is 12.8. The number of amides is 2. The van der Waals surface area contributed by atoms with Crippen molar-refractivity contribution >= 4 is 23.6 Å². The van der Waals surface area contributed by atoms with E-state index in [0.717, 1.165) is 43.9 Å². The van der Waals surface area contributed by atoms with Crippen molar-refractivity contribution in [1.82, 2.24) is 15.1 Å². The number of thioether (sulfide) groups is 1. The van der Waals surface area contributed by atoms with Gasteiger partial charge in [0.25, 0.3) is 0 Å². The van der Waals surface area contributed by atoms with Gasteiger partial charge < -0.3 is 19.9 Å². The lowest BCUT2D eigenvalue weighted by Gasteiger charge is -2.39. The topological polar surface area (TPSA) is 61.9 Å². The number of piperidine rings is 1. The molecular weight excluding hydrogens is 314 g/mol. The Labute approximate surface area is 142 Å². The third-order valence-corrected chi connectivity index (χ3v) is 5.98. The lowest BCUT2D eigenvalue weighted by molar-refractivity contribution is -0.150. The summed E-state index contributed by atoms with van der Waals surface area (Å²) in [6.45, 7) is 4.21. The molecule has 3 heterocycles. The van der Waals surface area contributed by atoms with Gasteiger partial charge in [-0.3, -0.25) is 9.59 Å². The Hall–Kier alpha value is -0.790. The number of morpholine rings is 1. The molecule has 1 N–H and O–H groups in total. The van der Waals surface area contributed by atoms with E-state index >= 15 is 0 Å². The molecule has 2 atom stereocenters. The summed E-state index contributed by atoms with van der Waals surface area (Å²) < 4.78 is 5.33. The minimum Gasteiger partial charge on any atom is -0.378 e. The van der Waals surface area contributed by atoms with Crippen molar-refractivity contribution in [3.05, 3.63) is 0 Å². The van der Waals surface area contributed by atoms with Gasteiger partial charge >= 0.3 is 0 Å². The fourth-order valence-corrected chi connectivity index (χ4v) is 4.51. The van der Waals surface area contributed by atoms with Crippen LogP contribution in [-0.4, -0.2) is 84.6 Å². The summed E-state index contributed by atoms with van der Waals surface area (Å²) in [5, 5.41) is 3.42. The van der Waals surface area contributed by atoms with E-state index in [1.165, 1.54) is 0 Å². The number of likely N-dealkylation sites (tertiary alicyclic amines) is 1. The minimum atomic E-state index is -0.259. The second-order valence-corrected chi connectivity index (χ2v) is 7.62. The van der Waals surface area contributed by atoms with Crippen LogP contribution in [0.3, 0.4) is 0 Å². The average molecular weight is 341 g/mol. The number of nitrogens with one attached hydrogen (secondary N) is 1. The highest BCUT2D eigenvalue weighted by molar-refractivity contribution is 7.99. The molecule has 0 aromatic rings. The molecule has 0 saturated carbocycles. The number of rotatable bonds is 3. The Kier molecular flexibility index (Phi) is 6.19. The van der Waals surface area contributed by atoms with E-state index < -0.39 is 0 Å². The summed E-state index contributed by atoms with van der Waals surface area (Å²) in [5.74, 6) is 2.36. The largest absolute Gasteiger partial charge is 0.378 e. The van der Waals surface area contributed by atoms with E-state index in [1.807, 2.05) is 21.6 Å². The van der Waals surface area contributed by atoms with Crippen LogP contribution in [0.2, 0.25) is 0 Å². The second kappa shape index (κ2) is 8.35. The van der Waals surface area contributed by atoms with Crippen LogP contribution >= 0.6 is 11.8 Å². The molecular formula is C16H27N3O3S. The van der Waals surface area contributed by atoms with E-state index in [1.54, 1.807) is 0 Å². The first-order valence-corrected chi connectivity index (χ1v) is 9.88. The number of hydrogen-bond acceptors (Lipinski definition) is 5. The number of ether oxygens (including phenoxy) is 1. The molecule has 3 rings (SSSR count).